The molecular formula is C11H15ClN2O. The van der Waals surface area contributed by atoms with Crippen molar-refractivity contribution in [3.63, 3.8) is 0 Å². The van der Waals surface area contributed by atoms with E-state index in [1.165, 1.54) is 0 Å². The van der Waals surface area contributed by atoms with Crippen LogP contribution in [0.25, 0.3) is 0 Å². The molecule has 0 unspecified atom stereocenters. The summed E-state index contributed by atoms with van der Waals surface area (Å²) in [6, 6.07) is 3.91. The van der Waals surface area contributed by atoms with Gasteiger partial charge in [-0.2, -0.15) is 0 Å². The highest BCUT2D eigenvalue weighted by molar-refractivity contribution is 6.18. The number of aromatic nitrogens is 1. The van der Waals surface area contributed by atoms with Crippen molar-refractivity contribution in [1.82, 2.24) is 9.88 Å². The Labute approximate surface area is 95.1 Å². The lowest BCUT2D eigenvalue weighted by Crippen LogP contribution is -2.28. The van der Waals surface area contributed by atoms with Crippen molar-refractivity contribution in [2.24, 2.45) is 0 Å². The molecule has 0 aliphatic heterocycles. The summed E-state index contributed by atoms with van der Waals surface area (Å²) in [5.41, 5.74) is 1.14. The fourth-order valence-electron chi connectivity index (χ4n) is 1.24. The highest BCUT2D eigenvalue weighted by Gasteiger charge is 2.07. The Morgan fingerprint density at radius 2 is 2.40 bits per heavy atom. The van der Waals surface area contributed by atoms with Crippen molar-refractivity contribution < 1.29 is 4.79 Å². The number of halogens is 1. The smallest absolute Gasteiger partial charge is 0.223 e. The monoisotopic (exact) mass is 226 g/mol. The van der Waals surface area contributed by atoms with Gasteiger partial charge in [0.05, 0.1) is 0 Å². The van der Waals surface area contributed by atoms with E-state index in [-0.39, 0.29) is 5.91 Å². The SMILES string of the molecule is CN(CCc1cccnc1)C(=O)CCCl. The standard InChI is InChI=1S/C11H15ClN2O/c1-14(11(15)4-6-12)8-5-10-3-2-7-13-9-10/h2-3,7,9H,4-6,8H2,1H3. The zero-order valence-corrected chi connectivity index (χ0v) is 9.57. The van der Waals surface area contributed by atoms with Crippen molar-refractivity contribution in [2.45, 2.75) is 12.8 Å². The minimum atomic E-state index is 0.0916. The number of amides is 1. The molecule has 15 heavy (non-hydrogen) atoms. The molecule has 0 bridgehead atoms. The third-order valence-electron chi connectivity index (χ3n) is 2.19. The molecule has 1 amide bonds. The molecule has 82 valence electrons. The summed E-state index contributed by atoms with van der Waals surface area (Å²) in [5, 5.41) is 0. The van der Waals surface area contributed by atoms with Gasteiger partial charge in [-0.1, -0.05) is 6.07 Å². The van der Waals surface area contributed by atoms with E-state index in [0.29, 0.717) is 18.8 Å². The van der Waals surface area contributed by atoms with Gasteiger partial charge < -0.3 is 4.90 Å². The molecule has 0 aromatic carbocycles. The molecule has 0 aliphatic rings. The summed E-state index contributed by atoms with van der Waals surface area (Å²) in [6.07, 6.45) is 4.80. The maximum atomic E-state index is 11.4. The largest absolute Gasteiger partial charge is 0.345 e. The van der Waals surface area contributed by atoms with Crippen molar-refractivity contribution >= 4 is 17.5 Å². The second-order valence-corrected chi connectivity index (χ2v) is 3.74. The van der Waals surface area contributed by atoms with Crippen LogP contribution in [0.4, 0.5) is 0 Å². The predicted molar refractivity (Wildman–Crippen MR) is 60.9 cm³/mol. The van der Waals surface area contributed by atoms with Gasteiger partial charge in [0.2, 0.25) is 5.91 Å². The normalized spacial score (nSPS) is 10.0. The van der Waals surface area contributed by atoms with Crippen LogP contribution in [0.1, 0.15) is 12.0 Å². The molecule has 0 spiro atoms. The van der Waals surface area contributed by atoms with Gasteiger partial charge in [0.15, 0.2) is 0 Å². The van der Waals surface area contributed by atoms with E-state index in [2.05, 4.69) is 4.98 Å². The number of hydrogen-bond donors (Lipinski definition) is 0. The first-order valence-electron chi connectivity index (χ1n) is 4.93. The maximum absolute atomic E-state index is 11.4. The van der Waals surface area contributed by atoms with Gasteiger partial charge in [-0.15, -0.1) is 11.6 Å². The quantitative estimate of drug-likeness (QED) is 0.717. The molecule has 4 heteroatoms. The minimum Gasteiger partial charge on any atom is -0.345 e. The van der Waals surface area contributed by atoms with Crippen LogP contribution in [-0.2, 0) is 11.2 Å². The molecule has 3 nitrogen and oxygen atoms in total. The average molecular weight is 227 g/mol. The number of alkyl halides is 1. The summed E-state index contributed by atoms with van der Waals surface area (Å²) in [4.78, 5) is 17.1. The van der Waals surface area contributed by atoms with Gasteiger partial charge in [0, 0.05) is 38.3 Å². The molecular weight excluding hydrogens is 212 g/mol. The third kappa shape index (κ3) is 4.30. The highest BCUT2D eigenvalue weighted by atomic mass is 35.5. The number of rotatable bonds is 5. The first kappa shape index (κ1) is 12.0. The Morgan fingerprint density at radius 3 is 3.00 bits per heavy atom. The van der Waals surface area contributed by atoms with Gasteiger partial charge in [-0.25, -0.2) is 0 Å². The van der Waals surface area contributed by atoms with E-state index >= 15 is 0 Å². The number of nitrogens with zero attached hydrogens (tertiary/aromatic N) is 2. The fraction of sp³-hybridized carbons (Fsp3) is 0.455. The van der Waals surface area contributed by atoms with Crippen LogP contribution in [0.5, 0.6) is 0 Å². The van der Waals surface area contributed by atoms with E-state index in [1.807, 2.05) is 18.3 Å². The van der Waals surface area contributed by atoms with Gasteiger partial charge >= 0.3 is 0 Å². The summed E-state index contributed by atoms with van der Waals surface area (Å²) in [6.45, 7) is 0.710. The van der Waals surface area contributed by atoms with E-state index in [1.54, 1.807) is 18.1 Å². The van der Waals surface area contributed by atoms with Crippen LogP contribution in [0, 0.1) is 0 Å². The second-order valence-electron chi connectivity index (χ2n) is 3.37. The topological polar surface area (TPSA) is 33.2 Å². The zero-order chi connectivity index (χ0) is 11.1. The lowest BCUT2D eigenvalue weighted by molar-refractivity contribution is -0.129. The predicted octanol–water partition coefficient (Wildman–Crippen LogP) is 1.71. The van der Waals surface area contributed by atoms with E-state index in [0.717, 1.165) is 12.0 Å². The molecule has 1 heterocycles. The molecule has 0 aliphatic carbocycles. The van der Waals surface area contributed by atoms with Crippen molar-refractivity contribution in [2.75, 3.05) is 19.5 Å². The maximum Gasteiger partial charge on any atom is 0.223 e. The molecule has 0 atom stereocenters. The molecule has 0 radical (unpaired) electrons. The van der Waals surface area contributed by atoms with Gasteiger partial charge in [0.1, 0.15) is 0 Å². The second kappa shape index (κ2) is 6.40. The van der Waals surface area contributed by atoms with E-state index in [4.69, 9.17) is 11.6 Å². The molecule has 0 fully saturated rings. The highest BCUT2D eigenvalue weighted by Crippen LogP contribution is 2.00. The van der Waals surface area contributed by atoms with Gasteiger partial charge in [-0.3, -0.25) is 9.78 Å². The minimum absolute atomic E-state index is 0.0916. The Balaban J connectivity index is 2.34. The van der Waals surface area contributed by atoms with Crippen molar-refractivity contribution in [3.8, 4) is 0 Å². The molecule has 0 saturated carbocycles. The summed E-state index contributed by atoms with van der Waals surface area (Å²) in [7, 11) is 1.80. The van der Waals surface area contributed by atoms with Crippen molar-refractivity contribution in [1.29, 1.82) is 0 Å². The van der Waals surface area contributed by atoms with Crippen molar-refractivity contribution in [3.05, 3.63) is 30.1 Å². The Morgan fingerprint density at radius 1 is 1.60 bits per heavy atom. The fourth-order valence-corrected chi connectivity index (χ4v) is 1.40. The van der Waals surface area contributed by atoms with Crippen LogP contribution in [0.15, 0.2) is 24.5 Å². The van der Waals surface area contributed by atoms with E-state index in [9.17, 15) is 4.79 Å². The van der Waals surface area contributed by atoms with Gasteiger partial charge in [-0.05, 0) is 18.1 Å². The Hall–Kier alpha value is -1.09. The average Bonchev–Trinajstić information content (AvgIpc) is 2.27. The summed E-state index contributed by atoms with van der Waals surface area (Å²) < 4.78 is 0. The Kier molecular flexibility index (Phi) is 5.12. The number of hydrogen-bond acceptors (Lipinski definition) is 2. The summed E-state index contributed by atoms with van der Waals surface area (Å²) >= 11 is 5.50. The molecule has 1 aromatic rings. The van der Waals surface area contributed by atoms with Crippen LogP contribution < -0.4 is 0 Å². The summed E-state index contributed by atoms with van der Waals surface area (Å²) in [5.74, 6) is 0.477. The lowest BCUT2D eigenvalue weighted by atomic mass is 10.2. The number of likely N-dealkylation sites (N-methyl/N-ethyl adjacent to an activating group) is 1. The first-order valence-corrected chi connectivity index (χ1v) is 5.46. The zero-order valence-electron chi connectivity index (χ0n) is 8.82. The molecule has 0 N–H and O–H groups in total. The first-order chi connectivity index (χ1) is 7.24. The van der Waals surface area contributed by atoms with Crippen LogP contribution in [-0.4, -0.2) is 35.3 Å². The number of carbonyl (C=O) groups is 1. The lowest BCUT2D eigenvalue weighted by Gasteiger charge is -2.16. The van der Waals surface area contributed by atoms with E-state index < -0.39 is 0 Å². The van der Waals surface area contributed by atoms with Crippen LogP contribution >= 0.6 is 11.6 Å². The Bertz CT molecular complexity index is 303. The molecule has 1 aromatic heterocycles. The molecule has 0 saturated heterocycles. The van der Waals surface area contributed by atoms with Crippen LogP contribution in [0.3, 0.4) is 0 Å². The number of carbonyl (C=O) groups excluding carboxylic acids is 1. The number of pyridine rings is 1. The van der Waals surface area contributed by atoms with Gasteiger partial charge in [0.25, 0.3) is 0 Å². The van der Waals surface area contributed by atoms with Crippen LogP contribution in [0.2, 0.25) is 0 Å². The molecule has 1 rings (SSSR count). The third-order valence-corrected chi connectivity index (χ3v) is 2.38.